The Morgan fingerprint density at radius 2 is 2.14 bits per heavy atom. The van der Waals surface area contributed by atoms with Gasteiger partial charge in [0.2, 0.25) is 0 Å². The van der Waals surface area contributed by atoms with E-state index >= 15 is 0 Å². The van der Waals surface area contributed by atoms with E-state index in [1.54, 1.807) is 0 Å². The first-order valence-corrected chi connectivity index (χ1v) is 4.77. The van der Waals surface area contributed by atoms with Gasteiger partial charge in [-0.3, -0.25) is 5.84 Å². The lowest BCUT2D eigenvalue weighted by Crippen LogP contribution is -2.40. The molecular weight excluding hydrogens is 178 g/mol. The first-order chi connectivity index (χ1) is 6.56. The fourth-order valence-corrected chi connectivity index (χ4v) is 1.33. The summed E-state index contributed by atoms with van der Waals surface area (Å²) in [5.74, 6) is 7.11. The van der Waals surface area contributed by atoms with Crippen LogP contribution in [-0.4, -0.2) is 13.2 Å². The van der Waals surface area contributed by atoms with Gasteiger partial charge in [0.15, 0.2) is 0 Å². The molecule has 1 rings (SSSR count). The second-order valence-corrected chi connectivity index (χ2v) is 4.10. The Balaban J connectivity index is 2.56. The number of hydrazine groups is 1. The van der Waals surface area contributed by atoms with Crippen molar-refractivity contribution in [3.63, 3.8) is 0 Å². The average Bonchev–Trinajstić information content (AvgIpc) is 2.53. The van der Waals surface area contributed by atoms with Crippen LogP contribution >= 0.6 is 0 Å². The van der Waals surface area contributed by atoms with Crippen molar-refractivity contribution in [2.75, 3.05) is 13.2 Å². The average molecular weight is 197 g/mol. The van der Waals surface area contributed by atoms with Crippen LogP contribution in [0.4, 0.5) is 0 Å². The van der Waals surface area contributed by atoms with E-state index in [0.29, 0.717) is 6.67 Å². The van der Waals surface area contributed by atoms with Gasteiger partial charge in [-0.25, -0.2) is 5.43 Å². The third kappa shape index (κ3) is 2.83. The molecule has 0 aliphatic carbocycles. The highest BCUT2D eigenvalue weighted by atomic mass is 16.3. The van der Waals surface area contributed by atoms with Crippen LogP contribution in [0.1, 0.15) is 25.4 Å². The standard InChI is InChI=1S/C10H19N3O/c1-8-4-5-9(14-8)10(2,3)6-12-7-13-11/h4-5,12-13H,6-7,11H2,1-3H3. The number of aryl methyl sites for hydroxylation is 1. The van der Waals surface area contributed by atoms with Crippen molar-refractivity contribution in [2.24, 2.45) is 5.84 Å². The fraction of sp³-hybridized carbons (Fsp3) is 0.600. The fourth-order valence-electron chi connectivity index (χ4n) is 1.33. The summed E-state index contributed by atoms with van der Waals surface area (Å²) in [6, 6.07) is 4.01. The molecule has 0 unspecified atom stereocenters. The summed E-state index contributed by atoms with van der Waals surface area (Å²) >= 11 is 0. The maximum Gasteiger partial charge on any atom is 0.111 e. The molecule has 4 heteroatoms. The molecule has 0 bridgehead atoms. The molecule has 0 aliphatic rings. The summed E-state index contributed by atoms with van der Waals surface area (Å²) in [6.45, 7) is 7.64. The summed E-state index contributed by atoms with van der Waals surface area (Å²) in [5, 5.41) is 3.19. The zero-order chi connectivity index (χ0) is 10.6. The number of nitrogens with two attached hydrogens (primary N) is 1. The third-order valence-corrected chi connectivity index (χ3v) is 2.20. The second-order valence-electron chi connectivity index (χ2n) is 4.10. The molecule has 0 saturated carbocycles. The Morgan fingerprint density at radius 3 is 2.64 bits per heavy atom. The second kappa shape index (κ2) is 4.59. The molecule has 80 valence electrons. The van der Waals surface area contributed by atoms with E-state index in [1.807, 2.05) is 19.1 Å². The summed E-state index contributed by atoms with van der Waals surface area (Å²) in [5.41, 5.74) is 2.55. The number of hydrogen-bond donors (Lipinski definition) is 3. The molecule has 14 heavy (non-hydrogen) atoms. The Kier molecular flexibility index (Phi) is 3.69. The zero-order valence-corrected chi connectivity index (χ0v) is 9.05. The van der Waals surface area contributed by atoms with Crippen molar-refractivity contribution in [2.45, 2.75) is 26.2 Å². The molecule has 4 N–H and O–H groups in total. The van der Waals surface area contributed by atoms with Crippen LogP contribution < -0.4 is 16.6 Å². The SMILES string of the molecule is Cc1ccc(C(C)(C)CNCNN)o1. The number of furan rings is 1. The van der Waals surface area contributed by atoms with Gasteiger partial charge in [0, 0.05) is 12.0 Å². The van der Waals surface area contributed by atoms with Gasteiger partial charge >= 0.3 is 0 Å². The van der Waals surface area contributed by atoms with E-state index in [9.17, 15) is 0 Å². The van der Waals surface area contributed by atoms with Crippen molar-refractivity contribution in [3.8, 4) is 0 Å². The highest BCUT2D eigenvalue weighted by Gasteiger charge is 2.23. The van der Waals surface area contributed by atoms with E-state index in [4.69, 9.17) is 10.3 Å². The Bertz CT molecular complexity index is 281. The van der Waals surface area contributed by atoms with Crippen molar-refractivity contribution in [1.82, 2.24) is 10.7 Å². The van der Waals surface area contributed by atoms with Crippen LogP contribution in [0.15, 0.2) is 16.5 Å². The highest BCUT2D eigenvalue weighted by Crippen LogP contribution is 2.23. The Labute approximate surface area is 84.8 Å². The van der Waals surface area contributed by atoms with E-state index in [1.165, 1.54) is 0 Å². The summed E-state index contributed by atoms with van der Waals surface area (Å²) in [6.07, 6.45) is 0. The maximum atomic E-state index is 5.59. The number of rotatable bonds is 5. The van der Waals surface area contributed by atoms with Crippen LogP contribution in [0.2, 0.25) is 0 Å². The minimum absolute atomic E-state index is 0.00882. The summed E-state index contributed by atoms with van der Waals surface area (Å²) in [4.78, 5) is 0. The third-order valence-electron chi connectivity index (χ3n) is 2.20. The van der Waals surface area contributed by atoms with Crippen molar-refractivity contribution in [3.05, 3.63) is 23.7 Å². The highest BCUT2D eigenvalue weighted by molar-refractivity contribution is 5.15. The minimum atomic E-state index is -0.00882. The topological polar surface area (TPSA) is 63.2 Å². The van der Waals surface area contributed by atoms with Crippen molar-refractivity contribution >= 4 is 0 Å². The lowest BCUT2D eigenvalue weighted by atomic mass is 9.90. The lowest BCUT2D eigenvalue weighted by Gasteiger charge is -2.22. The molecule has 0 atom stereocenters. The molecule has 0 amide bonds. The summed E-state index contributed by atoms with van der Waals surface area (Å²) < 4.78 is 5.59. The summed E-state index contributed by atoms with van der Waals surface area (Å²) in [7, 11) is 0. The van der Waals surface area contributed by atoms with E-state index in [0.717, 1.165) is 18.1 Å². The van der Waals surface area contributed by atoms with Gasteiger partial charge in [0.05, 0.1) is 6.67 Å². The van der Waals surface area contributed by atoms with Crippen LogP contribution in [0, 0.1) is 6.92 Å². The van der Waals surface area contributed by atoms with Gasteiger partial charge in [-0.2, -0.15) is 0 Å². The lowest BCUT2D eigenvalue weighted by molar-refractivity contribution is 0.354. The largest absolute Gasteiger partial charge is 0.466 e. The normalized spacial score (nSPS) is 12.0. The molecule has 0 saturated heterocycles. The maximum absolute atomic E-state index is 5.59. The molecule has 0 aliphatic heterocycles. The van der Waals surface area contributed by atoms with Crippen LogP contribution in [-0.2, 0) is 5.41 Å². The van der Waals surface area contributed by atoms with Crippen LogP contribution in [0.3, 0.4) is 0 Å². The Hall–Kier alpha value is -0.840. The van der Waals surface area contributed by atoms with E-state index < -0.39 is 0 Å². The molecule has 1 aromatic heterocycles. The van der Waals surface area contributed by atoms with Gasteiger partial charge < -0.3 is 9.73 Å². The smallest absolute Gasteiger partial charge is 0.111 e. The first-order valence-electron chi connectivity index (χ1n) is 4.77. The van der Waals surface area contributed by atoms with Gasteiger partial charge in [-0.05, 0) is 19.1 Å². The van der Waals surface area contributed by atoms with E-state index in [-0.39, 0.29) is 5.41 Å². The van der Waals surface area contributed by atoms with Gasteiger partial charge in [0.1, 0.15) is 11.5 Å². The van der Waals surface area contributed by atoms with Crippen LogP contribution in [0.5, 0.6) is 0 Å². The molecule has 1 heterocycles. The molecule has 0 radical (unpaired) electrons. The van der Waals surface area contributed by atoms with Gasteiger partial charge in [0.25, 0.3) is 0 Å². The first kappa shape index (κ1) is 11.2. The van der Waals surface area contributed by atoms with E-state index in [2.05, 4.69) is 24.6 Å². The quantitative estimate of drug-likeness (QED) is 0.284. The monoisotopic (exact) mass is 197 g/mol. The van der Waals surface area contributed by atoms with Crippen molar-refractivity contribution < 1.29 is 4.42 Å². The van der Waals surface area contributed by atoms with Gasteiger partial charge in [-0.1, -0.05) is 13.8 Å². The molecular formula is C10H19N3O. The zero-order valence-electron chi connectivity index (χ0n) is 9.05. The minimum Gasteiger partial charge on any atom is -0.466 e. The number of hydrogen-bond acceptors (Lipinski definition) is 4. The molecule has 0 fully saturated rings. The Morgan fingerprint density at radius 1 is 1.43 bits per heavy atom. The van der Waals surface area contributed by atoms with Crippen molar-refractivity contribution in [1.29, 1.82) is 0 Å². The predicted octanol–water partition coefficient (Wildman–Crippen LogP) is 0.876. The molecule has 1 aromatic rings. The predicted molar refractivity (Wildman–Crippen MR) is 56.7 cm³/mol. The molecule has 0 spiro atoms. The molecule has 4 nitrogen and oxygen atoms in total. The van der Waals surface area contributed by atoms with Crippen LogP contribution in [0.25, 0.3) is 0 Å². The van der Waals surface area contributed by atoms with Gasteiger partial charge in [-0.15, -0.1) is 0 Å². The molecule has 0 aromatic carbocycles. The number of nitrogens with one attached hydrogen (secondary N) is 2.